The molecule has 1 aromatic heterocycles. The van der Waals surface area contributed by atoms with Gasteiger partial charge in [-0.05, 0) is 19.1 Å². The lowest BCUT2D eigenvalue weighted by Gasteiger charge is -2.07. The molecule has 2 aromatic rings. The first-order chi connectivity index (χ1) is 10.3. The van der Waals surface area contributed by atoms with Crippen molar-refractivity contribution in [2.45, 2.75) is 6.92 Å². The molecule has 2 rings (SSSR count). The van der Waals surface area contributed by atoms with Gasteiger partial charge in [0.2, 0.25) is 0 Å². The number of amides is 1. The van der Waals surface area contributed by atoms with Crippen LogP contribution in [0, 0.1) is 0 Å². The van der Waals surface area contributed by atoms with E-state index in [0.29, 0.717) is 19.0 Å². The molecule has 0 saturated heterocycles. The maximum Gasteiger partial charge on any atom is 0.271 e. The van der Waals surface area contributed by atoms with Crippen LogP contribution in [0.1, 0.15) is 17.4 Å². The monoisotopic (exact) mass is 286 g/mol. The number of ether oxygens (including phenoxy) is 1. The second-order valence-electron chi connectivity index (χ2n) is 4.23. The number of benzene rings is 1. The number of nitrogens with one attached hydrogen (secondary N) is 2. The molecule has 0 spiro atoms. The van der Waals surface area contributed by atoms with E-state index < -0.39 is 0 Å². The fraction of sp³-hybridized carbons (Fsp3) is 0.267. The number of hydrogen-bond acceptors (Lipinski definition) is 5. The summed E-state index contributed by atoms with van der Waals surface area (Å²) in [6.45, 7) is 3.54. The summed E-state index contributed by atoms with van der Waals surface area (Å²) in [6.07, 6.45) is 2.99. The fourth-order valence-electron chi connectivity index (χ4n) is 1.66. The van der Waals surface area contributed by atoms with Crippen LogP contribution in [0.2, 0.25) is 0 Å². The largest absolute Gasteiger partial charge is 0.492 e. The molecule has 0 unspecified atom stereocenters. The quantitative estimate of drug-likeness (QED) is 0.758. The summed E-state index contributed by atoms with van der Waals surface area (Å²) in [5.74, 6) is 1.17. The van der Waals surface area contributed by atoms with E-state index in [-0.39, 0.29) is 11.6 Å². The molecule has 0 atom stereocenters. The molecule has 0 aliphatic rings. The summed E-state index contributed by atoms with van der Waals surface area (Å²) in [4.78, 5) is 20.0. The number of aromatic nitrogens is 2. The van der Waals surface area contributed by atoms with Crippen molar-refractivity contribution in [1.29, 1.82) is 0 Å². The van der Waals surface area contributed by atoms with Crippen LogP contribution in [0.25, 0.3) is 0 Å². The predicted molar refractivity (Wildman–Crippen MR) is 80.5 cm³/mol. The van der Waals surface area contributed by atoms with Gasteiger partial charge in [0.05, 0.1) is 18.9 Å². The second-order valence-corrected chi connectivity index (χ2v) is 4.23. The summed E-state index contributed by atoms with van der Waals surface area (Å²) in [5.41, 5.74) is 0.288. The van der Waals surface area contributed by atoms with Gasteiger partial charge >= 0.3 is 0 Å². The average Bonchev–Trinajstić information content (AvgIpc) is 2.53. The minimum Gasteiger partial charge on any atom is -0.492 e. The Morgan fingerprint density at radius 3 is 2.67 bits per heavy atom. The van der Waals surface area contributed by atoms with Gasteiger partial charge < -0.3 is 15.4 Å². The van der Waals surface area contributed by atoms with Gasteiger partial charge in [-0.3, -0.25) is 4.79 Å². The molecular weight excluding hydrogens is 268 g/mol. The lowest BCUT2D eigenvalue weighted by atomic mass is 10.3. The van der Waals surface area contributed by atoms with Crippen molar-refractivity contribution in [2.24, 2.45) is 0 Å². The first-order valence-corrected chi connectivity index (χ1v) is 6.81. The summed E-state index contributed by atoms with van der Waals surface area (Å²) >= 11 is 0. The van der Waals surface area contributed by atoms with E-state index >= 15 is 0 Å². The lowest BCUT2D eigenvalue weighted by Crippen LogP contribution is -2.28. The minimum atomic E-state index is -0.262. The van der Waals surface area contributed by atoms with E-state index in [1.54, 1.807) is 6.20 Å². The Hall–Kier alpha value is -2.63. The van der Waals surface area contributed by atoms with Crippen molar-refractivity contribution in [3.8, 4) is 5.75 Å². The summed E-state index contributed by atoms with van der Waals surface area (Å²) in [7, 11) is 0. The van der Waals surface area contributed by atoms with E-state index in [1.807, 2.05) is 37.3 Å². The van der Waals surface area contributed by atoms with Crippen LogP contribution in [-0.2, 0) is 0 Å². The standard InChI is InChI=1S/C15H18N4O2/c1-2-16-14-11-18-13(10-19-14)15(20)17-8-9-21-12-6-4-3-5-7-12/h3-7,10-11H,2,8-9H2,1H3,(H,16,19)(H,17,20). The van der Waals surface area contributed by atoms with Crippen molar-refractivity contribution < 1.29 is 9.53 Å². The van der Waals surface area contributed by atoms with Gasteiger partial charge in [0.25, 0.3) is 5.91 Å². The Kier molecular flexibility index (Phi) is 5.51. The van der Waals surface area contributed by atoms with Crippen molar-refractivity contribution >= 4 is 11.7 Å². The molecule has 21 heavy (non-hydrogen) atoms. The summed E-state index contributed by atoms with van der Waals surface area (Å²) in [5, 5.41) is 5.75. The molecule has 1 heterocycles. The highest BCUT2D eigenvalue weighted by atomic mass is 16.5. The van der Waals surface area contributed by atoms with E-state index in [0.717, 1.165) is 12.3 Å². The van der Waals surface area contributed by atoms with Crippen LogP contribution in [0.3, 0.4) is 0 Å². The third-order valence-electron chi connectivity index (χ3n) is 2.64. The fourth-order valence-corrected chi connectivity index (χ4v) is 1.66. The van der Waals surface area contributed by atoms with Gasteiger partial charge in [-0.2, -0.15) is 0 Å². The Balaban J connectivity index is 1.74. The highest BCUT2D eigenvalue weighted by molar-refractivity contribution is 5.91. The third-order valence-corrected chi connectivity index (χ3v) is 2.64. The van der Waals surface area contributed by atoms with Gasteiger partial charge in [-0.1, -0.05) is 18.2 Å². The number of para-hydroxylation sites is 1. The molecule has 0 fully saturated rings. The van der Waals surface area contributed by atoms with Crippen LogP contribution in [-0.4, -0.2) is 35.6 Å². The van der Waals surface area contributed by atoms with Crippen molar-refractivity contribution in [3.05, 3.63) is 48.4 Å². The number of rotatable bonds is 7. The van der Waals surface area contributed by atoms with E-state index in [4.69, 9.17) is 4.74 Å². The van der Waals surface area contributed by atoms with Gasteiger partial charge in [0.1, 0.15) is 23.9 Å². The maximum absolute atomic E-state index is 11.8. The van der Waals surface area contributed by atoms with Crippen LogP contribution in [0.4, 0.5) is 5.82 Å². The Morgan fingerprint density at radius 1 is 1.19 bits per heavy atom. The molecule has 0 saturated carbocycles. The molecule has 6 heteroatoms. The highest BCUT2D eigenvalue weighted by Gasteiger charge is 2.07. The minimum absolute atomic E-state index is 0.262. The normalized spacial score (nSPS) is 9.95. The third kappa shape index (κ3) is 4.76. The van der Waals surface area contributed by atoms with Crippen LogP contribution in [0.5, 0.6) is 5.75 Å². The molecule has 0 radical (unpaired) electrons. The maximum atomic E-state index is 11.8. The molecule has 1 amide bonds. The van der Waals surface area contributed by atoms with Gasteiger partial charge in [-0.25, -0.2) is 9.97 Å². The van der Waals surface area contributed by atoms with Crippen LogP contribution in [0.15, 0.2) is 42.7 Å². The molecule has 110 valence electrons. The second kappa shape index (κ2) is 7.84. The summed E-state index contributed by atoms with van der Waals surface area (Å²) < 4.78 is 5.48. The zero-order valence-corrected chi connectivity index (χ0v) is 11.9. The van der Waals surface area contributed by atoms with E-state index in [9.17, 15) is 4.79 Å². The van der Waals surface area contributed by atoms with Crippen molar-refractivity contribution in [3.63, 3.8) is 0 Å². The number of carbonyl (C=O) groups excluding carboxylic acids is 1. The molecule has 0 aliphatic carbocycles. The van der Waals surface area contributed by atoms with E-state index in [2.05, 4.69) is 20.6 Å². The SMILES string of the molecule is CCNc1cnc(C(=O)NCCOc2ccccc2)cn1. The van der Waals surface area contributed by atoms with Gasteiger partial charge in [0.15, 0.2) is 0 Å². The highest BCUT2D eigenvalue weighted by Crippen LogP contribution is 2.07. The topological polar surface area (TPSA) is 76.1 Å². The van der Waals surface area contributed by atoms with Crippen LogP contribution >= 0.6 is 0 Å². The van der Waals surface area contributed by atoms with Crippen molar-refractivity contribution in [2.75, 3.05) is 25.0 Å². The number of nitrogens with zero attached hydrogens (tertiary/aromatic N) is 2. The smallest absolute Gasteiger partial charge is 0.271 e. The zero-order valence-electron chi connectivity index (χ0n) is 11.9. The lowest BCUT2D eigenvalue weighted by molar-refractivity contribution is 0.0941. The Bertz CT molecular complexity index is 558. The van der Waals surface area contributed by atoms with Gasteiger partial charge in [-0.15, -0.1) is 0 Å². The van der Waals surface area contributed by atoms with E-state index in [1.165, 1.54) is 6.20 Å². The van der Waals surface area contributed by atoms with Crippen molar-refractivity contribution in [1.82, 2.24) is 15.3 Å². The molecule has 0 aliphatic heterocycles. The first-order valence-electron chi connectivity index (χ1n) is 6.81. The zero-order chi connectivity index (χ0) is 14.9. The molecule has 6 nitrogen and oxygen atoms in total. The Morgan fingerprint density at radius 2 is 2.00 bits per heavy atom. The molecule has 2 N–H and O–H groups in total. The number of anilines is 1. The Labute approximate surface area is 123 Å². The number of hydrogen-bond donors (Lipinski definition) is 2. The van der Waals surface area contributed by atoms with Crippen LogP contribution < -0.4 is 15.4 Å². The molecule has 1 aromatic carbocycles. The average molecular weight is 286 g/mol. The van der Waals surface area contributed by atoms with Gasteiger partial charge in [0, 0.05) is 6.54 Å². The molecule has 0 bridgehead atoms. The first kappa shape index (κ1) is 14.8. The molecular formula is C15H18N4O2. The number of carbonyl (C=O) groups is 1. The predicted octanol–water partition coefficient (Wildman–Crippen LogP) is 1.72. The summed E-state index contributed by atoms with van der Waals surface area (Å²) in [6, 6.07) is 9.45.